The van der Waals surface area contributed by atoms with Crippen LogP contribution in [0, 0.1) is 30.3 Å². The van der Waals surface area contributed by atoms with Gasteiger partial charge in [-0.2, -0.15) is 0 Å². The number of aryl methyl sites for hydroxylation is 1. The van der Waals surface area contributed by atoms with Crippen molar-refractivity contribution in [3.05, 3.63) is 76.6 Å². The van der Waals surface area contributed by atoms with Gasteiger partial charge < -0.3 is 0 Å². The number of hydrogen-bond donors (Lipinski definition) is 0. The number of allylic oxidation sites excluding steroid dienone is 1. The molecule has 126 valence electrons. The molecule has 1 aliphatic rings. The molecule has 3 rings (SSSR count). The molecule has 24 heavy (non-hydrogen) atoms. The minimum Gasteiger partial charge on any atom is -0.206 e. The van der Waals surface area contributed by atoms with Gasteiger partial charge in [0.1, 0.15) is 5.82 Å². The molecule has 0 aromatic heterocycles. The summed E-state index contributed by atoms with van der Waals surface area (Å²) in [5.74, 6) is -1.22. The Labute approximate surface area is 141 Å². The van der Waals surface area contributed by atoms with Gasteiger partial charge in [-0.05, 0) is 61.6 Å². The predicted octanol–water partition coefficient (Wildman–Crippen LogP) is 6.40. The molecule has 1 aliphatic carbocycles. The summed E-state index contributed by atoms with van der Waals surface area (Å²) in [5, 5.41) is 0. The van der Waals surface area contributed by atoms with Crippen LogP contribution in [0.1, 0.15) is 48.3 Å². The van der Waals surface area contributed by atoms with Crippen LogP contribution in [0.2, 0.25) is 0 Å². The van der Waals surface area contributed by atoms with Crippen molar-refractivity contribution in [2.24, 2.45) is 5.92 Å². The summed E-state index contributed by atoms with van der Waals surface area (Å²) < 4.78 is 41.5. The van der Waals surface area contributed by atoms with E-state index in [9.17, 15) is 13.2 Å². The highest BCUT2D eigenvalue weighted by molar-refractivity contribution is 5.50. The molecule has 2 aromatic carbocycles. The zero-order valence-electron chi connectivity index (χ0n) is 13.7. The Morgan fingerprint density at radius 2 is 1.58 bits per heavy atom. The van der Waals surface area contributed by atoms with E-state index in [4.69, 9.17) is 0 Å². The van der Waals surface area contributed by atoms with E-state index in [0.717, 1.165) is 25.7 Å². The Kier molecular flexibility index (Phi) is 5.08. The lowest BCUT2D eigenvalue weighted by molar-refractivity contribution is 0.364. The van der Waals surface area contributed by atoms with Crippen molar-refractivity contribution in [2.45, 2.75) is 38.5 Å². The van der Waals surface area contributed by atoms with Gasteiger partial charge in [0.25, 0.3) is 0 Å². The van der Waals surface area contributed by atoms with Gasteiger partial charge in [-0.15, -0.1) is 0 Å². The molecular formula is C21H21F3. The first-order valence-electron chi connectivity index (χ1n) is 8.43. The van der Waals surface area contributed by atoms with Crippen molar-refractivity contribution < 1.29 is 13.2 Å². The van der Waals surface area contributed by atoms with Crippen LogP contribution in [0.25, 0.3) is 6.08 Å². The van der Waals surface area contributed by atoms with Crippen LogP contribution in [-0.2, 0) is 0 Å². The molecule has 3 heteroatoms. The van der Waals surface area contributed by atoms with E-state index in [1.165, 1.54) is 6.07 Å². The van der Waals surface area contributed by atoms with Crippen LogP contribution >= 0.6 is 0 Å². The first-order chi connectivity index (χ1) is 11.6. The molecule has 2 aromatic rings. The van der Waals surface area contributed by atoms with Crippen molar-refractivity contribution >= 4 is 6.08 Å². The highest BCUT2D eigenvalue weighted by Gasteiger charge is 2.24. The fourth-order valence-corrected chi connectivity index (χ4v) is 3.45. The van der Waals surface area contributed by atoms with Gasteiger partial charge in [0.05, 0.1) is 0 Å². The quantitative estimate of drug-likeness (QED) is 0.611. The second-order valence-corrected chi connectivity index (χ2v) is 6.59. The second kappa shape index (κ2) is 7.25. The Bertz CT molecular complexity index is 741. The molecule has 1 fully saturated rings. The third kappa shape index (κ3) is 3.55. The van der Waals surface area contributed by atoms with Crippen LogP contribution in [0.4, 0.5) is 13.2 Å². The third-order valence-corrected chi connectivity index (χ3v) is 4.97. The molecular weight excluding hydrogens is 309 g/mol. The van der Waals surface area contributed by atoms with Gasteiger partial charge in [0.15, 0.2) is 11.6 Å². The molecule has 0 radical (unpaired) electrons. The first-order valence-corrected chi connectivity index (χ1v) is 8.43. The lowest BCUT2D eigenvalue weighted by atomic mass is 9.78. The van der Waals surface area contributed by atoms with Gasteiger partial charge in [-0.3, -0.25) is 0 Å². The van der Waals surface area contributed by atoms with Crippen LogP contribution in [0.15, 0.2) is 42.5 Å². The minimum absolute atomic E-state index is 0.0678. The van der Waals surface area contributed by atoms with E-state index in [0.29, 0.717) is 22.6 Å². The first kappa shape index (κ1) is 16.8. The number of hydrogen-bond acceptors (Lipinski definition) is 0. The summed E-state index contributed by atoms with van der Waals surface area (Å²) in [6, 6.07) is 10.1. The maximum absolute atomic E-state index is 14.1. The Morgan fingerprint density at radius 3 is 2.29 bits per heavy atom. The number of benzene rings is 2. The maximum atomic E-state index is 14.1. The van der Waals surface area contributed by atoms with Crippen LogP contribution in [0.5, 0.6) is 0 Å². The van der Waals surface area contributed by atoms with E-state index in [-0.39, 0.29) is 11.7 Å². The molecule has 0 nitrogen and oxygen atoms in total. The molecule has 0 saturated heterocycles. The van der Waals surface area contributed by atoms with E-state index in [1.807, 2.05) is 18.2 Å². The molecule has 0 N–H and O–H groups in total. The summed E-state index contributed by atoms with van der Waals surface area (Å²) in [6.45, 7) is 1.58. The largest absolute Gasteiger partial charge is 0.206 e. The van der Waals surface area contributed by atoms with Crippen molar-refractivity contribution in [3.8, 4) is 0 Å². The standard InChI is InChI=1S/C21H21F3/c1-14-6-13-18(21(24)20(14)23)16-10-7-15(8-11-16)9-12-17-4-2-3-5-19(17)22/h2-6,9,12-13,15-16H,7-8,10-11H2,1H3/b12-9+. The van der Waals surface area contributed by atoms with Crippen molar-refractivity contribution in [3.63, 3.8) is 0 Å². The molecule has 0 unspecified atom stereocenters. The van der Waals surface area contributed by atoms with Crippen molar-refractivity contribution in [2.75, 3.05) is 0 Å². The van der Waals surface area contributed by atoms with E-state index in [1.54, 1.807) is 31.2 Å². The average molecular weight is 330 g/mol. The maximum Gasteiger partial charge on any atom is 0.162 e. The highest BCUT2D eigenvalue weighted by Crippen LogP contribution is 2.38. The normalized spacial score (nSPS) is 21.3. The minimum atomic E-state index is -0.728. The predicted molar refractivity (Wildman–Crippen MR) is 91.2 cm³/mol. The SMILES string of the molecule is Cc1ccc(C2CCC(/C=C/c3ccccc3F)CC2)c(F)c1F. The molecule has 0 heterocycles. The molecule has 0 atom stereocenters. The number of halogens is 3. The Hall–Kier alpha value is -2.03. The molecule has 0 spiro atoms. The topological polar surface area (TPSA) is 0 Å². The lowest BCUT2D eigenvalue weighted by Gasteiger charge is -2.27. The fraction of sp³-hybridized carbons (Fsp3) is 0.333. The summed E-state index contributed by atoms with van der Waals surface area (Å²) in [4.78, 5) is 0. The average Bonchev–Trinajstić information content (AvgIpc) is 2.60. The fourth-order valence-electron chi connectivity index (χ4n) is 3.45. The van der Waals surface area contributed by atoms with E-state index in [2.05, 4.69) is 0 Å². The van der Waals surface area contributed by atoms with Gasteiger partial charge in [0, 0.05) is 5.56 Å². The van der Waals surface area contributed by atoms with Gasteiger partial charge >= 0.3 is 0 Å². The Morgan fingerprint density at radius 1 is 0.875 bits per heavy atom. The van der Waals surface area contributed by atoms with Crippen LogP contribution in [0.3, 0.4) is 0 Å². The highest BCUT2D eigenvalue weighted by atomic mass is 19.2. The van der Waals surface area contributed by atoms with Crippen LogP contribution < -0.4 is 0 Å². The molecule has 0 bridgehead atoms. The van der Waals surface area contributed by atoms with E-state index >= 15 is 0 Å². The zero-order valence-corrected chi connectivity index (χ0v) is 13.7. The van der Waals surface area contributed by atoms with Crippen LogP contribution in [-0.4, -0.2) is 0 Å². The summed E-state index contributed by atoms with van der Waals surface area (Å²) in [5.41, 5.74) is 1.43. The lowest BCUT2D eigenvalue weighted by Crippen LogP contribution is -2.13. The van der Waals surface area contributed by atoms with Crippen molar-refractivity contribution in [1.29, 1.82) is 0 Å². The van der Waals surface area contributed by atoms with Gasteiger partial charge in [-0.25, -0.2) is 13.2 Å². The molecule has 1 saturated carbocycles. The summed E-state index contributed by atoms with van der Waals surface area (Å²) in [6.07, 6.45) is 7.33. The number of rotatable bonds is 3. The third-order valence-electron chi connectivity index (χ3n) is 4.97. The smallest absolute Gasteiger partial charge is 0.162 e. The molecule has 0 amide bonds. The van der Waals surface area contributed by atoms with Gasteiger partial charge in [0.2, 0.25) is 0 Å². The van der Waals surface area contributed by atoms with Crippen molar-refractivity contribution in [1.82, 2.24) is 0 Å². The Balaban J connectivity index is 1.64. The molecule has 0 aliphatic heterocycles. The monoisotopic (exact) mass is 330 g/mol. The summed E-state index contributed by atoms with van der Waals surface area (Å²) in [7, 11) is 0. The second-order valence-electron chi connectivity index (χ2n) is 6.59. The summed E-state index contributed by atoms with van der Waals surface area (Å²) >= 11 is 0. The van der Waals surface area contributed by atoms with Gasteiger partial charge in [-0.1, -0.05) is 42.5 Å². The zero-order chi connectivity index (χ0) is 17.1. The van der Waals surface area contributed by atoms with E-state index < -0.39 is 11.6 Å².